The van der Waals surface area contributed by atoms with E-state index in [0.29, 0.717) is 26.4 Å². The zero-order valence-corrected chi connectivity index (χ0v) is 13.9. The molecule has 0 aromatic heterocycles. The van der Waals surface area contributed by atoms with Gasteiger partial charge in [-0.3, -0.25) is 9.59 Å². The summed E-state index contributed by atoms with van der Waals surface area (Å²) >= 11 is 5.60. The van der Waals surface area contributed by atoms with Crippen LogP contribution in [0.3, 0.4) is 0 Å². The zero-order chi connectivity index (χ0) is 16.5. The Morgan fingerprint density at radius 3 is 2.18 bits per heavy atom. The molecule has 6 nitrogen and oxygen atoms in total. The lowest BCUT2D eigenvalue weighted by Gasteiger charge is -2.07. The predicted molar refractivity (Wildman–Crippen MR) is 85.3 cm³/mol. The Labute approximate surface area is 137 Å². The molecule has 0 unspecified atom stereocenters. The summed E-state index contributed by atoms with van der Waals surface area (Å²) in [6, 6.07) is 0. The fraction of sp³-hybridized carbons (Fsp3) is 0.867. The molecule has 0 atom stereocenters. The largest absolute Gasteiger partial charge is 0.481 e. The minimum absolute atomic E-state index is 0.00331. The summed E-state index contributed by atoms with van der Waals surface area (Å²) in [5, 5.41) is 11.0. The third-order valence-corrected chi connectivity index (χ3v) is 3.20. The van der Waals surface area contributed by atoms with Crippen LogP contribution in [0.4, 0.5) is 0 Å². The topological polar surface area (TPSA) is 84.9 Å². The van der Waals surface area contributed by atoms with E-state index in [2.05, 4.69) is 5.32 Å². The van der Waals surface area contributed by atoms with Crippen molar-refractivity contribution in [1.29, 1.82) is 0 Å². The Kier molecular flexibility index (Phi) is 15.9. The number of hydrogen-bond donors (Lipinski definition) is 2. The number of hydrogen-bond acceptors (Lipinski definition) is 4. The minimum atomic E-state index is -0.970. The molecule has 0 aliphatic rings. The number of alkyl halides is 1. The van der Waals surface area contributed by atoms with Crippen molar-refractivity contribution in [3.05, 3.63) is 0 Å². The first kappa shape index (κ1) is 21.1. The molecule has 22 heavy (non-hydrogen) atoms. The zero-order valence-electron chi connectivity index (χ0n) is 13.2. The summed E-state index contributed by atoms with van der Waals surface area (Å²) in [6.45, 7) is 2.58. The molecular weight excluding hydrogens is 310 g/mol. The van der Waals surface area contributed by atoms with Gasteiger partial charge in [0, 0.05) is 25.5 Å². The summed E-state index contributed by atoms with van der Waals surface area (Å²) in [7, 11) is 0. The molecule has 0 aromatic rings. The summed E-state index contributed by atoms with van der Waals surface area (Å²) in [5.74, 6) is -0.493. The van der Waals surface area contributed by atoms with Gasteiger partial charge in [-0.1, -0.05) is 19.3 Å². The van der Waals surface area contributed by atoms with Crippen molar-refractivity contribution in [2.75, 3.05) is 38.9 Å². The van der Waals surface area contributed by atoms with Crippen molar-refractivity contribution in [2.24, 2.45) is 0 Å². The Bertz CT molecular complexity index is 289. The SMILES string of the molecule is O=C(O)CCC(=O)NCCOCCOCCCCCCCCl. The van der Waals surface area contributed by atoms with Crippen molar-refractivity contribution >= 4 is 23.5 Å². The van der Waals surface area contributed by atoms with E-state index in [1.807, 2.05) is 0 Å². The molecule has 0 rings (SSSR count). The van der Waals surface area contributed by atoms with Crippen LogP contribution in [0, 0.1) is 0 Å². The van der Waals surface area contributed by atoms with E-state index in [1.54, 1.807) is 0 Å². The van der Waals surface area contributed by atoms with Gasteiger partial charge in [-0.15, -0.1) is 11.6 Å². The van der Waals surface area contributed by atoms with Gasteiger partial charge in [0.2, 0.25) is 5.91 Å². The molecule has 0 saturated heterocycles. The van der Waals surface area contributed by atoms with Crippen LogP contribution in [0.5, 0.6) is 0 Å². The highest BCUT2D eigenvalue weighted by Crippen LogP contribution is 2.03. The lowest BCUT2D eigenvalue weighted by Crippen LogP contribution is -2.27. The van der Waals surface area contributed by atoms with Gasteiger partial charge in [0.1, 0.15) is 0 Å². The van der Waals surface area contributed by atoms with Gasteiger partial charge in [-0.2, -0.15) is 0 Å². The fourth-order valence-electron chi connectivity index (χ4n) is 1.72. The Morgan fingerprint density at radius 2 is 1.50 bits per heavy atom. The highest BCUT2D eigenvalue weighted by molar-refractivity contribution is 6.17. The summed E-state index contributed by atoms with van der Waals surface area (Å²) in [4.78, 5) is 21.5. The lowest BCUT2D eigenvalue weighted by atomic mass is 10.2. The van der Waals surface area contributed by atoms with E-state index in [1.165, 1.54) is 19.3 Å². The van der Waals surface area contributed by atoms with E-state index in [-0.39, 0.29) is 18.7 Å². The van der Waals surface area contributed by atoms with Crippen molar-refractivity contribution < 1.29 is 24.2 Å². The number of unbranched alkanes of at least 4 members (excludes halogenated alkanes) is 4. The first-order valence-electron chi connectivity index (χ1n) is 7.86. The van der Waals surface area contributed by atoms with E-state index in [9.17, 15) is 9.59 Å². The number of rotatable bonds is 16. The van der Waals surface area contributed by atoms with E-state index in [4.69, 9.17) is 26.2 Å². The first-order valence-corrected chi connectivity index (χ1v) is 8.40. The number of carbonyl (C=O) groups excluding carboxylic acids is 1. The quantitative estimate of drug-likeness (QED) is 0.333. The maximum absolute atomic E-state index is 11.2. The number of carboxylic acids is 1. The Hall–Kier alpha value is -0.850. The van der Waals surface area contributed by atoms with Gasteiger partial charge in [-0.25, -0.2) is 0 Å². The van der Waals surface area contributed by atoms with Crippen LogP contribution in [-0.4, -0.2) is 55.8 Å². The molecule has 0 fully saturated rings. The molecule has 0 spiro atoms. The number of carbonyl (C=O) groups is 2. The molecule has 0 aromatic carbocycles. The maximum atomic E-state index is 11.2. The minimum Gasteiger partial charge on any atom is -0.481 e. The number of nitrogens with one attached hydrogen (secondary N) is 1. The van der Waals surface area contributed by atoms with E-state index < -0.39 is 5.97 Å². The van der Waals surface area contributed by atoms with Crippen LogP contribution in [0.25, 0.3) is 0 Å². The molecule has 0 aliphatic heterocycles. The van der Waals surface area contributed by atoms with Crippen molar-refractivity contribution in [2.45, 2.75) is 44.9 Å². The third-order valence-electron chi connectivity index (χ3n) is 2.93. The Balaban J connectivity index is 3.11. The smallest absolute Gasteiger partial charge is 0.303 e. The molecular formula is C15H28ClNO5. The van der Waals surface area contributed by atoms with Crippen LogP contribution in [0.15, 0.2) is 0 Å². The molecule has 0 heterocycles. The molecule has 7 heteroatoms. The average Bonchev–Trinajstić information content (AvgIpc) is 2.49. The van der Waals surface area contributed by atoms with Crippen LogP contribution >= 0.6 is 11.6 Å². The predicted octanol–water partition coefficient (Wildman–Crippen LogP) is 2.19. The van der Waals surface area contributed by atoms with Crippen LogP contribution < -0.4 is 5.32 Å². The van der Waals surface area contributed by atoms with Crippen LogP contribution in [-0.2, 0) is 19.1 Å². The van der Waals surface area contributed by atoms with Gasteiger partial charge in [0.15, 0.2) is 0 Å². The highest BCUT2D eigenvalue weighted by Gasteiger charge is 2.03. The normalized spacial score (nSPS) is 10.6. The highest BCUT2D eigenvalue weighted by atomic mass is 35.5. The number of ether oxygens (including phenoxy) is 2. The van der Waals surface area contributed by atoms with Crippen molar-refractivity contribution in [1.82, 2.24) is 5.32 Å². The van der Waals surface area contributed by atoms with Crippen molar-refractivity contribution in [3.63, 3.8) is 0 Å². The van der Waals surface area contributed by atoms with Gasteiger partial charge >= 0.3 is 5.97 Å². The standard InChI is InChI=1S/C15H28ClNO5/c16-8-4-2-1-3-5-10-21-12-13-22-11-9-17-14(18)6-7-15(19)20/h1-13H2,(H,17,18)(H,19,20). The Morgan fingerprint density at radius 1 is 0.864 bits per heavy atom. The van der Waals surface area contributed by atoms with Crippen LogP contribution in [0.2, 0.25) is 0 Å². The molecule has 0 bridgehead atoms. The molecule has 2 N–H and O–H groups in total. The number of carboxylic acid groups (broad SMARTS) is 1. The second-order valence-corrected chi connectivity index (χ2v) is 5.30. The second kappa shape index (κ2) is 16.5. The average molecular weight is 338 g/mol. The van der Waals surface area contributed by atoms with E-state index in [0.717, 1.165) is 25.3 Å². The first-order chi connectivity index (χ1) is 10.7. The van der Waals surface area contributed by atoms with Crippen molar-refractivity contribution in [3.8, 4) is 0 Å². The molecule has 1 amide bonds. The molecule has 130 valence electrons. The maximum Gasteiger partial charge on any atom is 0.303 e. The van der Waals surface area contributed by atoms with Gasteiger partial charge < -0.3 is 19.9 Å². The molecule has 0 aliphatic carbocycles. The summed E-state index contributed by atoms with van der Waals surface area (Å²) in [6.07, 6.45) is 5.56. The van der Waals surface area contributed by atoms with E-state index >= 15 is 0 Å². The van der Waals surface area contributed by atoms with Crippen LogP contribution in [0.1, 0.15) is 44.9 Å². The lowest BCUT2D eigenvalue weighted by molar-refractivity contribution is -0.138. The fourth-order valence-corrected chi connectivity index (χ4v) is 1.91. The molecule has 0 radical (unpaired) electrons. The number of halogens is 1. The second-order valence-electron chi connectivity index (χ2n) is 4.93. The third kappa shape index (κ3) is 17.2. The summed E-state index contributed by atoms with van der Waals surface area (Å²) < 4.78 is 10.7. The van der Waals surface area contributed by atoms with Gasteiger partial charge in [-0.05, 0) is 12.8 Å². The number of aliphatic carboxylic acids is 1. The summed E-state index contributed by atoms with van der Waals surface area (Å²) in [5.41, 5.74) is 0. The number of amides is 1. The monoisotopic (exact) mass is 337 g/mol. The molecule has 0 saturated carbocycles. The van der Waals surface area contributed by atoms with Gasteiger partial charge in [0.25, 0.3) is 0 Å². The van der Waals surface area contributed by atoms with Gasteiger partial charge in [0.05, 0.1) is 26.2 Å².